The molecule has 2 fully saturated rings. The summed E-state index contributed by atoms with van der Waals surface area (Å²) in [4.78, 5) is 28.4. The standard InChI is InChI=1S/C19H27N3O3/c20-12-18(23)21-11-5-4-8-17(21)13-22(16-9-10-16)19(24)25-14-15-6-2-1-3-7-15/h1-3,6-7,16-17H,4-5,8-14,20H2. The van der Waals surface area contributed by atoms with Gasteiger partial charge < -0.3 is 20.3 Å². The number of carbonyl (C=O) groups excluding carboxylic acids is 2. The van der Waals surface area contributed by atoms with Gasteiger partial charge in [0.05, 0.1) is 6.54 Å². The first kappa shape index (κ1) is 17.7. The fraction of sp³-hybridized carbons (Fsp3) is 0.579. The van der Waals surface area contributed by atoms with Crippen molar-refractivity contribution >= 4 is 12.0 Å². The summed E-state index contributed by atoms with van der Waals surface area (Å²) in [6, 6.07) is 9.98. The van der Waals surface area contributed by atoms with Crippen LogP contribution in [0.5, 0.6) is 0 Å². The Hall–Kier alpha value is -2.08. The average Bonchev–Trinajstić information content (AvgIpc) is 3.49. The quantitative estimate of drug-likeness (QED) is 0.857. The van der Waals surface area contributed by atoms with Crippen molar-refractivity contribution in [2.75, 3.05) is 19.6 Å². The van der Waals surface area contributed by atoms with Crippen LogP contribution in [0, 0.1) is 0 Å². The fourth-order valence-electron chi connectivity index (χ4n) is 3.42. The lowest BCUT2D eigenvalue weighted by Gasteiger charge is -2.38. The molecule has 1 saturated heterocycles. The van der Waals surface area contributed by atoms with Crippen LogP contribution in [-0.4, -0.2) is 53.5 Å². The molecule has 1 aliphatic heterocycles. The van der Waals surface area contributed by atoms with Crippen LogP contribution in [0.2, 0.25) is 0 Å². The number of rotatable bonds is 6. The largest absolute Gasteiger partial charge is 0.445 e. The van der Waals surface area contributed by atoms with Gasteiger partial charge in [-0.25, -0.2) is 4.79 Å². The van der Waals surface area contributed by atoms with Gasteiger partial charge in [-0.15, -0.1) is 0 Å². The third kappa shape index (κ3) is 4.72. The van der Waals surface area contributed by atoms with E-state index in [4.69, 9.17) is 10.5 Å². The molecule has 3 rings (SSSR count). The van der Waals surface area contributed by atoms with Gasteiger partial charge >= 0.3 is 6.09 Å². The Morgan fingerprint density at radius 3 is 2.60 bits per heavy atom. The van der Waals surface area contributed by atoms with E-state index in [1.165, 1.54) is 0 Å². The highest BCUT2D eigenvalue weighted by molar-refractivity contribution is 5.78. The van der Waals surface area contributed by atoms with Gasteiger partial charge in [-0.1, -0.05) is 30.3 Å². The molecule has 0 spiro atoms. The van der Waals surface area contributed by atoms with Crippen molar-refractivity contribution in [3.63, 3.8) is 0 Å². The zero-order valence-corrected chi connectivity index (χ0v) is 14.6. The van der Waals surface area contributed by atoms with Crippen molar-refractivity contribution in [1.29, 1.82) is 0 Å². The third-order valence-electron chi connectivity index (χ3n) is 4.96. The Labute approximate surface area is 148 Å². The predicted octanol–water partition coefficient (Wildman–Crippen LogP) is 2.13. The lowest BCUT2D eigenvalue weighted by molar-refractivity contribution is -0.133. The van der Waals surface area contributed by atoms with Crippen molar-refractivity contribution in [1.82, 2.24) is 9.80 Å². The van der Waals surface area contributed by atoms with Crippen LogP contribution in [0.25, 0.3) is 0 Å². The number of hydrogen-bond donors (Lipinski definition) is 1. The van der Waals surface area contributed by atoms with Crippen LogP contribution in [-0.2, 0) is 16.1 Å². The van der Waals surface area contributed by atoms with Crippen LogP contribution < -0.4 is 5.73 Å². The highest BCUT2D eigenvalue weighted by Gasteiger charge is 2.37. The topological polar surface area (TPSA) is 75.9 Å². The molecule has 2 N–H and O–H groups in total. The lowest BCUT2D eigenvalue weighted by atomic mass is 10.0. The summed E-state index contributed by atoms with van der Waals surface area (Å²) >= 11 is 0. The summed E-state index contributed by atoms with van der Waals surface area (Å²) in [6.45, 7) is 1.58. The Kier molecular flexibility index (Phi) is 5.91. The van der Waals surface area contributed by atoms with E-state index in [0.29, 0.717) is 6.54 Å². The second-order valence-electron chi connectivity index (χ2n) is 6.86. The maximum Gasteiger partial charge on any atom is 0.410 e. The van der Waals surface area contributed by atoms with Crippen LogP contribution in [0.15, 0.2) is 30.3 Å². The monoisotopic (exact) mass is 345 g/mol. The molecule has 1 heterocycles. The second-order valence-corrected chi connectivity index (χ2v) is 6.86. The highest BCUT2D eigenvalue weighted by atomic mass is 16.6. The van der Waals surface area contributed by atoms with E-state index in [-0.39, 0.29) is 37.2 Å². The number of nitrogens with zero attached hydrogens (tertiary/aromatic N) is 2. The van der Waals surface area contributed by atoms with Gasteiger partial charge in [-0.05, 0) is 37.7 Å². The second kappa shape index (κ2) is 8.34. The summed E-state index contributed by atoms with van der Waals surface area (Å²) in [5, 5.41) is 0. The summed E-state index contributed by atoms with van der Waals surface area (Å²) < 4.78 is 5.51. The van der Waals surface area contributed by atoms with Gasteiger partial charge in [-0.2, -0.15) is 0 Å². The predicted molar refractivity (Wildman–Crippen MR) is 94.8 cm³/mol. The summed E-state index contributed by atoms with van der Waals surface area (Å²) in [7, 11) is 0. The van der Waals surface area contributed by atoms with E-state index in [0.717, 1.165) is 44.2 Å². The fourth-order valence-corrected chi connectivity index (χ4v) is 3.42. The van der Waals surface area contributed by atoms with Gasteiger partial charge in [0.25, 0.3) is 0 Å². The van der Waals surface area contributed by atoms with E-state index in [9.17, 15) is 9.59 Å². The zero-order chi connectivity index (χ0) is 17.6. The number of carbonyl (C=O) groups is 2. The lowest BCUT2D eigenvalue weighted by Crippen LogP contribution is -2.52. The van der Waals surface area contributed by atoms with Crippen molar-refractivity contribution in [3.05, 3.63) is 35.9 Å². The Morgan fingerprint density at radius 2 is 1.92 bits per heavy atom. The molecule has 0 radical (unpaired) electrons. The van der Waals surface area contributed by atoms with Crippen LogP contribution in [0.3, 0.4) is 0 Å². The Morgan fingerprint density at radius 1 is 1.16 bits per heavy atom. The van der Waals surface area contributed by atoms with Crippen LogP contribution in [0.1, 0.15) is 37.7 Å². The molecule has 0 aromatic heterocycles. The number of benzene rings is 1. The van der Waals surface area contributed by atoms with Crippen molar-refractivity contribution in [2.24, 2.45) is 5.73 Å². The Balaban J connectivity index is 1.60. The molecule has 6 heteroatoms. The molecule has 6 nitrogen and oxygen atoms in total. The molecule has 1 saturated carbocycles. The molecule has 1 aromatic rings. The zero-order valence-electron chi connectivity index (χ0n) is 14.6. The maximum atomic E-state index is 12.6. The first-order valence-corrected chi connectivity index (χ1v) is 9.16. The maximum absolute atomic E-state index is 12.6. The number of nitrogens with two attached hydrogens (primary N) is 1. The summed E-state index contributed by atoms with van der Waals surface area (Å²) in [5.41, 5.74) is 6.52. The van der Waals surface area contributed by atoms with Gasteiger partial charge in [0.15, 0.2) is 0 Å². The molecule has 1 aliphatic carbocycles. The molecule has 136 valence electrons. The number of piperidine rings is 1. The average molecular weight is 345 g/mol. The van der Waals surface area contributed by atoms with Gasteiger partial charge in [0.2, 0.25) is 5.91 Å². The number of amides is 2. The van der Waals surface area contributed by atoms with E-state index < -0.39 is 0 Å². The smallest absolute Gasteiger partial charge is 0.410 e. The normalized spacial score (nSPS) is 20.2. The minimum atomic E-state index is -0.280. The summed E-state index contributed by atoms with van der Waals surface area (Å²) in [5.74, 6) is -0.0295. The minimum absolute atomic E-state index is 0.0262. The minimum Gasteiger partial charge on any atom is -0.445 e. The molecule has 25 heavy (non-hydrogen) atoms. The molecule has 1 unspecified atom stereocenters. The summed E-state index contributed by atoms with van der Waals surface area (Å²) in [6.07, 6.45) is 4.74. The van der Waals surface area contributed by atoms with Gasteiger partial charge in [0.1, 0.15) is 6.61 Å². The van der Waals surface area contributed by atoms with E-state index >= 15 is 0 Å². The van der Waals surface area contributed by atoms with E-state index in [1.54, 1.807) is 0 Å². The third-order valence-corrected chi connectivity index (χ3v) is 4.96. The van der Waals surface area contributed by atoms with Crippen molar-refractivity contribution in [3.8, 4) is 0 Å². The molecule has 2 aliphatic rings. The van der Waals surface area contributed by atoms with Crippen LogP contribution in [0.4, 0.5) is 4.79 Å². The van der Waals surface area contributed by atoms with E-state index in [2.05, 4.69) is 0 Å². The number of ether oxygens (including phenoxy) is 1. The number of likely N-dealkylation sites (tertiary alicyclic amines) is 1. The molecular weight excluding hydrogens is 318 g/mol. The number of hydrogen-bond acceptors (Lipinski definition) is 4. The van der Waals surface area contributed by atoms with Crippen molar-refractivity contribution in [2.45, 2.75) is 50.8 Å². The molecular formula is C19H27N3O3. The van der Waals surface area contributed by atoms with E-state index in [1.807, 2.05) is 40.1 Å². The highest BCUT2D eigenvalue weighted by Crippen LogP contribution is 2.29. The van der Waals surface area contributed by atoms with Gasteiger partial charge in [-0.3, -0.25) is 4.79 Å². The Bertz CT molecular complexity index is 589. The van der Waals surface area contributed by atoms with Gasteiger partial charge in [0, 0.05) is 25.2 Å². The van der Waals surface area contributed by atoms with Crippen LogP contribution >= 0.6 is 0 Å². The first-order valence-electron chi connectivity index (χ1n) is 9.16. The SMILES string of the molecule is NCC(=O)N1CCCCC1CN(C(=O)OCc1ccccc1)C1CC1. The van der Waals surface area contributed by atoms with Crippen molar-refractivity contribution < 1.29 is 14.3 Å². The molecule has 0 bridgehead atoms. The molecule has 1 aromatic carbocycles. The first-order chi connectivity index (χ1) is 12.2. The molecule has 1 atom stereocenters. The molecule has 2 amide bonds.